The number of rotatable bonds is 9. The summed E-state index contributed by atoms with van der Waals surface area (Å²) in [5, 5.41) is 0. The first kappa shape index (κ1) is 19.2. The Labute approximate surface area is 153 Å². The highest BCUT2D eigenvalue weighted by atomic mass is 16.5. The molecular weight excluding hydrogens is 328 g/mol. The Morgan fingerprint density at radius 1 is 0.654 bits per heavy atom. The second kappa shape index (κ2) is 11.4. The molecule has 2 aromatic carbocycles. The van der Waals surface area contributed by atoms with Crippen molar-refractivity contribution in [2.24, 2.45) is 0 Å². The van der Waals surface area contributed by atoms with Gasteiger partial charge in [-0.25, -0.2) is 9.59 Å². The van der Waals surface area contributed by atoms with Crippen molar-refractivity contribution in [3.63, 3.8) is 0 Å². The van der Waals surface area contributed by atoms with Crippen LogP contribution >= 0.6 is 0 Å². The van der Waals surface area contributed by atoms with Crippen LogP contribution in [0.3, 0.4) is 0 Å². The molecule has 0 aliphatic carbocycles. The highest BCUT2D eigenvalue weighted by molar-refractivity contribution is 5.87. The molecule has 0 amide bonds. The van der Waals surface area contributed by atoms with E-state index >= 15 is 0 Å². The summed E-state index contributed by atoms with van der Waals surface area (Å²) in [4.78, 5) is 23.1. The summed E-state index contributed by atoms with van der Waals surface area (Å²) >= 11 is 0. The third kappa shape index (κ3) is 8.11. The second-order valence-corrected chi connectivity index (χ2v) is 5.53. The fourth-order valence-electron chi connectivity index (χ4n) is 2.10. The van der Waals surface area contributed by atoms with Gasteiger partial charge in [-0.3, -0.25) is 0 Å². The maximum atomic E-state index is 11.6. The van der Waals surface area contributed by atoms with Gasteiger partial charge in [-0.15, -0.1) is 0 Å². The van der Waals surface area contributed by atoms with Crippen molar-refractivity contribution in [1.29, 1.82) is 0 Å². The third-order valence-corrected chi connectivity index (χ3v) is 3.45. The highest BCUT2D eigenvalue weighted by Crippen LogP contribution is 2.03. The number of esters is 2. The molecule has 0 aliphatic rings. The predicted octanol–water partition coefficient (Wildman–Crippen LogP) is 4.28. The van der Waals surface area contributed by atoms with Gasteiger partial charge in [0.1, 0.15) is 0 Å². The summed E-state index contributed by atoms with van der Waals surface area (Å²) in [6.07, 6.45) is 7.51. The van der Waals surface area contributed by atoms with Crippen molar-refractivity contribution in [3.8, 4) is 0 Å². The summed E-state index contributed by atoms with van der Waals surface area (Å²) in [6, 6.07) is 19.1. The number of carbonyl (C=O) groups excluding carboxylic acids is 2. The third-order valence-electron chi connectivity index (χ3n) is 3.45. The number of carbonyl (C=O) groups is 2. The number of benzene rings is 2. The van der Waals surface area contributed by atoms with Crippen LogP contribution in [0.25, 0.3) is 12.2 Å². The van der Waals surface area contributed by atoms with Gasteiger partial charge in [-0.2, -0.15) is 0 Å². The van der Waals surface area contributed by atoms with Gasteiger partial charge in [-0.05, 0) is 36.1 Å². The lowest BCUT2D eigenvalue weighted by Crippen LogP contribution is -2.06. The Balaban J connectivity index is 1.53. The van der Waals surface area contributed by atoms with Crippen molar-refractivity contribution in [3.05, 3.63) is 83.9 Å². The van der Waals surface area contributed by atoms with Crippen molar-refractivity contribution < 1.29 is 19.1 Å². The van der Waals surface area contributed by atoms with Crippen LogP contribution in [0.5, 0.6) is 0 Å². The second-order valence-electron chi connectivity index (χ2n) is 5.53. The Bertz CT molecular complexity index is 668. The maximum absolute atomic E-state index is 11.6. The molecule has 0 atom stereocenters. The van der Waals surface area contributed by atoms with Gasteiger partial charge in [0.2, 0.25) is 0 Å². The molecule has 0 bridgehead atoms. The normalized spacial score (nSPS) is 10.9. The zero-order valence-electron chi connectivity index (χ0n) is 14.5. The molecule has 134 valence electrons. The minimum atomic E-state index is -0.378. The van der Waals surface area contributed by atoms with E-state index in [9.17, 15) is 9.59 Å². The van der Waals surface area contributed by atoms with Crippen LogP contribution in [-0.4, -0.2) is 25.2 Å². The molecule has 0 aromatic heterocycles. The van der Waals surface area contributed by atoms with Gasteiger partial charge >= 0.3 is 11.9 Å². The molecule has 26 heavy (non-hydrogen) atoms. The zero-order chi connectivity index (χ0) is 18.5. The molecule has 0 spiro atoms. The van der Waals surface area contributed by atoms with E-state index in [1.54, 1.807) is 12.2 Å². The lowest BCUT2D eigenvalue weighted by molar-refractivity contribution is -0.140. The van der Waals surface area contributed by atoms with Gasteiger partial charge in [0, 0.05) is 12.2 Å². The first-order valence-electron chi connectivity index (χ1n) is 8.54. The minimum Gasteiger partial charge on any atom is -0.463 e. The van der Waals surface area contributed by atoms with Crippen LogP contribution in [-0.2, 0) is 19.1 Å². The van der Waals surface area contributed by atoms with Crippen molar-refractivity contribution >= 4 is 24.1 Å². The van der Waals surface area contributed by atoms with Crippen LogP contribution in [0.15, 0.2) is 72.8 Å². The van der Waals surface area contributed by atoms with Gasteiger partial charge in [-0.1, -0.05) is 60.7 Å². The number of unbranched alkanes of at least 4 members (excludes halogenated alkanes) is 1. The lowest BCUT2D eigenvalue weighted by atomic mass is 10.2. The Hall–Kier alpha value is -3.14. The van der Waals surface area contributed by atoms with E-state index in [4.69, 9.17) is 9.47 Å². The van der Waals surface area contributed by atoms with Crippen LogP contribution in [0, 0.1) is 0 Å². The van der Waals surface area contributed by atoms with E-state index in [0.29, 0.717) is 26.1 Å². The summed E-state index contributed by atoms with van der Waals surface area (Å²) in [5.41, 5.74) is 1.89. The van der Waals surface area contributed by atoms with Crippen molar-refractivity contribution in [1.82, 2.24) is 0 Å². The van der Waals surface area contributed by atoms with E-state index in [1.807, 2.05) is 60.7 Å². The van der Waals surface area contributed by atoms with Crippen LogP contribution < -0.4 is 0 Å². The molecular formula is C22H22O4. The molecule has 0 heterocycles. The monoisotopic (exact) mass is 350 g/mol. The molecule has 2 rings (SSSR count). The zero-order valence-corrected chi connectivity index (χ0v) is 14.5. The standard InChI is InChI=1S/C22H22O4/c23-21(15-13-19-9-3-1-4-10-19)25-17-7-8-18-26-22(24)16-14-20-11-5-2-6-12-20/h1-6,9-16H,7-8,17-18H2/b15-13-,16-14+. The smallest absolute Gasteiger partial charge is 0.330 e. The summed E-state index contributed by atoms with van der Waals surface area (Å²) in [7, 11) is 0. The molecule has 0 fully saturated rings. The Kier molecular flexibility index (Phi) is 8.43. The first-order valence-corrected chi connectivity index (χ1v) is 8.54. The van der Waals surface area contributed by atoms with E-state index in [1.165, 1.54) is 12.2 Å². The molecule has 0 N–H and O–H groups in total. The molecule has 2 aromatic rings. The summed E-state index contributed by atoms with van der Waals surface area (Å²) < 4.78 is 10.2. The van der Waals surface area contributed by atoms with Gasteiger partial charge in [0.15, 0.2) is 0 Å². The van der Waals surface area contributed by atoms with Crippen LogP contribution in [0.1, 0.15) is 24.0 Å². The van der Waals surface area contributed by atoms with Gasteiger partial charge in [0.25, 0.3) is 0 Å². The summed E-state index contributed by atoms with van der Waals surface area (Å²) in [6.45, 7) is 0.602. The van der Waals surface area contributed by atoms with E-state index < -0.39 is 0 Å². The average molecular weight is 350 g/mol. The molecule has 0 radical (unpaired) electrons. The fourth-order valence-corrected chi connectivity index (χ4v) is 2.10. The topological polar surface area (TPSA) is 52.6 Å². The van der Waals surface area contributed by atoms with Gasteiger partial charge < -0.3 is 9.47 Å². The first-order chi connectivity index (χ1) is 12.7. The molecule has 4 nitrogen and oxygen atoms in total. The van der Waals surface area contributed by atoms with Crippen LogP contribution in [0.4, 0.5) is 0 Å². The van der Waals surface area contributed by atoms with Crippen molar-refractivity contribution in [2.75, 3.05) is 13.2 Å². The van der Waals surface area contributed by atoms with Gasteiger partial charge in [0.05, 0.1) is 13.2 Å². The van der Waals surface area contributed by atoms with E-state index in [2.05, 4.69) is 0 Å². The number of ether oxygens (including phenoxy) is 2. The predicted molar refractivity (Wildman–Crippen MR) is 102 cm³/mol. The Morgan fingerprint density at radius 2 is 1.04 bits per heavy atom. The fraction of sp³-hybridized carbons (Fsp3) is 0.182. The van der Waals surface area contributed by atoms with Crippen molar-refractivity contribution in [2.45, 2.75) is 12.8 Å². The summed E-state index contributed by atoms with van der Waals surface area (Å²) in [5.74, 6) is -0.756. The lowest BCUT2D eigenvalue weighted by Gasteiger charge is -2.03. The molecule has 0 aliphatic heterocycles. The quantitative estimate of drug-likeness (QED) is 0.385. The largest absolute Gasteiger partial charge is 0.463 e. The molecule has 0 saturated heterocycles. The van der Waals surface area contributed by atoms with E-state index in [-0.39, 0.29) is 11.9 Å². The average Bonchev–Trinajstić information content (AvgIpc) is 2.69. The SMILES string of the molecule is O=C(/C=C\c1ccccc1)OCCCCOC(=O)/C=C/c1ccccc1. The maximum Gasteiger partial charge on any atom is 0.330 e. The number of hydrogen-bond acceptors (Lipinski definition) is 4. The molecule has 4 heteroatoms. The number of hydrogen-bond donors (Lipinski definition) is 0. The Morgan fingerprint density at radius 3 is 1.42 bits per heavy atom. The van der Waals surface area contributed by atoms with Crippen LogP contribution in [0.2, 0.25) is 0 Å². The molecule has 0 unspecified atom stereocenters. The highest BCUT2D eigenvalue weighted by Gasteiger charge is 1.99. The minimum absolute atomic E-state index is 0.301. The molecule has 0 saturated carbocycles. The van der Waals surface area contributed by atoms with E-state index in [0.717, 1.165) is 11.1 Å².